The Labute approximate surface area is 158 Å². The van der Waals surface area contributed by atoms with Crippen LogP contribution in [0.5, 0.6) is 0 Å². The summed E-state index contributed by atoms with van der Waals surface area (Å²) in [5.41, 5.74) is 1.55. The van der Waals surface area contributed by atoms with Crippen molar-refractivity contribution >= 4 is 11.7 Å². The summed E-state index contributed by atoms with van der Waals surface area (Å²) < 4.78 is 11.4. The van der Waals surface area contributed by atoms with Gasteiger partial charge in [0.1, 0.15) is 17.8 Å². The zero-order valence-corrected chi connectivity index (χ0v) is 15.4. The lowest BCUT2D eigenvalue weighted by molar-refractivity contribution is -0.181. The van der Waals surface area contributed by atoms with Gasteiger partial charge in [0.2, 0.25) is 0 Å². The molecule has 142 valence electrons. The maximum Gasteiger partial charge on any atom is 0.272 e. The topological polar surface area (TPSA) is 76.6 Å². The molecule has 1 unspecified atom stereocenters. The van der Waals surface area contributed by atoms with E-state index in [1.807, 2.05) is 23.1 Å². The van der Waals surface area contributed by atoms with Crippen molar-refractivity contribution in [2.24, 2.45) is 0 Å². The SMILES string of the molecule is CC(Nc1cc(C(=O)N2CCC3(CC2)OCCO3)ncn1)c1ccccc1. The summed E-state index contributed by atoms with van der Waals surface area (Å²) in [5.74, 6) is 0.0709. The van der Waals surface area contributed by atoms with Gasteiger partial charge in [0, 0.05) is 38.0 Å². The van der Waals surface area contributed by atoms with E-state index in [1.54, 1.807) is 6.07 Å². The van der Waals surface area contributed by atoms with Crippen LogP contribution >= 0.6 is 0 Å². The number of amides is 1. The molecule has 0 radical (unpaired) electrons. The van der Waals surface area contributed by atoms with E-state index in [1.165, 1.54) is 6.33 Å². The first kappa shape index (κ1) is 17.9. The van der Waals surface area contributed by atoms with Gasteiger partial charge in [0.25, 0.3) is 5.91 Å². The van der Waals surface area contributed by atoms with Gasteiger partial charge in [0.15, 0.2) is 5.79 Å². The fourth-order valence-electron chi connectivity index (χ4n) is 3.60. The van der Waals surface area contributed by atoms with E-state index in [0.717, 1.165) is 5.56 Å². The molecular weight excluding hydrogens is 344 g/mol. The van der Waals surface area contributed by atoms with Gasteiger partial charge in [-0.15, -0.1) is 0 Å². The maximum atomic E-state index is 12.8. The molecule has 2 saturated heterocycles. The quantitative estimate of drug-likeness (QED) is 0.894. The standard InChI is InChI=1S/C20H24N4O3/c1-15(16-5-3-2-4-6-16)23-18-13-17(21-14-22-18)19(25)24-9-7-20(8-10-24)26-11-12-27-20/h2-6,13-15H,7-12H2,1H3,(H,21,22,23). The number of piperidine rings is 1. The number of nitrogens with zero attached hydrogens (tertiary/aromatic N) is 3. The molecule has 3 heterocycles. The molecule has 7 heteroatoms. The van der Waals surface area contributed by atoms with Crippen LogP contribution in [0.15, 0.2) is 42.7 Å². The minimum Gasteiger partial charge on any atom is -0.363 e. The van der Waals surface area contributed by atoms with Crippen LogP contribution in [0.2, 0.25) is 0 Å². The fourth-order valence-corrected chi connectivity index (χ4v) is 3.60. The van der Waals surface area contributed by atoms with Crippen LogP contribution in [-0.2, 0) is 9.47 Å². The number of hydrogen-bond donors (Lipinski definition) is 1. The van der Waals surface area contributed by atoms with Gasteiger partial charge in [-0.1, -0.05) is 30.3 Å². The summed E-state index contributed by atoms with van der Waals surface area (Å²) in [5, 5.41) is 3.33. The van der Waals surface area contributed by atoms with Gasteiger partial charge in [-0.2, -0.15) is 0 Å². The van der Waals surface area contributed by atoms with Crippen LogP contribution in [0, 0.1) is 0 Å². The van der Waals surface area contributed by atoms with Gasteiger partial charge in [0.05, 0.1) is 13.2 Å². The minimum absolute atomic E-state index is 0.0792. The molecule has 1 N–H and O–H groups in total. The zero-order valence-electron chi connectivity index (χ0n) is 15.4. The maximum absolute atomic E-state index is 12.8. The first-order chi connectivity index (χ1) is 13.2. The van der Waals surface area contributed by atoms with E-state index >= 15 is 0 Å². The molecule has 0 bridgehead atoms. The Hall–Kier alpha value is -2.51. The number of likely N-dealkylation sites (tertiary alicyclic amines) is 1. The molecule has 4 rings (SSSR count). The van der Waals surface area contributed by atoms with Crippen LogP contribution in [-0.4, -0.2) is 52.9 Å². The lowest BCUT2D eigenvalue weighted by Gasteiger charge is -2.37. The van der Waals surface area contributed by atoms with Crippen LogP contribution in [0.3, 0.4) is 0 Å². The molecule has 2 aliphatic heterocycles. The number of benzene rings is 1. The highest BCUT2D eigenvalue weighted by Crippen LogP contribution is 2.31. The average Bonchev–Trinajstić information content (AvgIpc) is 3.17. The van der Waals surface area contributed by atoms with E-state index < -0.39 is 5.79 Å². The van der Waals surface area contributed by atoms with Crippen molar-refractivity contribution in [2.75, 3.05) is 31.6 Å². The van der Waals surface area contributed by atoms with Crippen LogP contribution in [0.25, 0.3) is 0 Å². The number of rotatable bonds is 4. The second-order valence-corrected chi connectivity index (χ2v) is 6.97. The minimum atomic E-state index is -0.486. The summed E-state index contributed by atoms with van der Waals surface area (Å²) in [6.07, 6.45) is 2.82. The summed E-state index contributed by atoms with van der Waals surface area (Å²) in [4.78, 5) is 23.1. The number of hydrogen-bond acceptors (Lipinski definition) is 6. The van der Waals surface area contributed by atoms with Gasteiger partial charge in [-0.25, -0.2) is 9.97 Å². The smallest absolute Gasteiger partial charge is 0.272 e. The second-order valence-electron chi connectivity index (χ2n) is 6.97. The number of anilines is 1. The fraction of sp³-hybridized carbons (Fsp3) is 0.450. The molecule has 2 fully saturated rings. The Balaban J connectivity index is 1.40. The first-order valence-electron chi connectivity index (χ1n) is 9.36. The third-order valence-corrected chi connectivity index (χ3v) is 5.18. The molecule has 1 amide bonds. The molecule has 27 heavy (non-hydrogen) atoms. The first-order valence-corrected chi connectivity index (χ1v) is 9.36. The number of aromatic nitrogens is 2. The molecule has 7 nitrogen and oxygen atoms in total. The van der Waals surface area contributed by atoms with Crippen LogP contribution < -0.4 is 5.32 Å². The van der Waals surface area contributed by atoms with Crippen LogP contribution in [0.1, 0.15) is 41.9 Å². The molecule has 1 aromatic heterocycles. The summed E-state index contributed by atoms with van der Waals surface area (Å²) >= 11 is 0. The van der Waals surface area contributed by atoms with Crippen molar-refractivity contribution < 1.29 is 14.3 Å². The molecular formula is C20H24N4O3. The Morgan fingerprint density at radius 2 is 1.85 bits per heavy atom. The largest absolute Gasteiger partial charge is 0.363 e. The van der Waals surface area contributed by atoms with Gasteiger partial charge < -0.3 is 19.7 Å². The number of carbonyl (C=O) groups is 1. The number of ether oxygens (including phenoxy) is 2. The van der Waals surface area contributed by atoms with E-state index in [4.69, 9.17) is 9.47 Å². The Kier molecular flexibility index (Phi) is 5.05. The highest BCUT2D eigenvalue weighted by molar-refractivity contribution is 5.93. The molecule has 2 aromatic rings. The summed E-state index contributed by atoms with van der Waals surface area (Å²) in [6.45, 7) is 4.53. The molecule has 1 atom stereocenters. The molecule has 0 aliphatic carbocycles. The third-order valence-electron chi connectivity index (χ3n) is 5.18. The predicted octanol–water partition coefficient (Wildman–Crippen LogP) is 2.63. The molecule has 2 aliphatic rings. The van der Waals surface area contributed by atoms with Crippen LogP contribution in [0.4, 0.5) is 5.82 Å². The normalized spacial score (nSPS) is 19.8. The highest BCUT2D eigenvalue weighted by atomic mass is 16.7. The molecule has 1 spiro atoms. The van der Waals surface area contributed by atoms with Crippen molar-refractivity contribution in [2.45, 2.75) is 31.6 Å². The van der Waals surface area contributed by atoms with Gasteiger partial charge in [-0.3, -0.25) is 4.79 Å². The molecule has 1 aromatic carbocycles. The Bertz CT molecular complexity index is 783. The van der Waals surface area contributed by atoms with Crippen molar-refractivity contribution in [3.63, 3.8) is 0 Å². The van der Waals surface area contributed by atoms with Crippen molar-refractivity contribution in [1.29, 1.82) is 0 Å². The second kappa shape index (κ2) is 7.62. The van der Waals surface area contributed by atoms with E-state index in [2.05, 4.69) is 34.3 Å². The van der Waals surface area contributed by atoms with Crippen molar-refractivity contribution in [1.82, 2.24) is 14.9 Å². The van der Waals surface area contributed by atoms with Crippen molar-refractivity contribution in [3.8, 4) is 0 Å². The number of nitrogens with one attached hydrogen (secondary N) is 1. The lowest BCUT2D eigenvalue weighted by atomic mass is 10.0. The van der Waals surface area contributed by atoms with Gasteiger partial charge in [-0.05, 0) is 12.5 Å². The van der Waals surface area contributed by atoms with E-state index in [9.17, 15) is 4.79 Å². The van der Waals surface area contributed by atoms with Gasteiger partial charge >= 0.3 is 0 Å². The van der Waals surface area contributed by atoms with E-state index in [0.29, 0.717) is 50.7 Å². The third kappa shape index (κ3) is 3.94. The summed E-state index contributed by atoms with van der Waals surface area (Å²) in [7, 11) is 0. The summed E-state index contributed by atoms with van der Waals surface area (Å²) in [6, 6.07) is 11.9. The predicted molar refractivity (Wildman–Crippen MR) is 100 cm³/mol. The monoisotopic (exact) mass is 368 g/mol. The zero-order chi connectivity index (χ0) is 18.7. The van der Waals surface area contributed by atoms with Crippen molar-refractivity contribution in [3.05, 3.63) is 54.0 Å². The number of carbonyl (C=O) groups excluding carboxylic acids is 1. The lowest BCUT2D eigenvalue weighted by Crippen LogP contribution is -2.47. The van der Waals surface area contributed by atoms with E-state index in [-0.39, 0.29) is 11.9 Å². The highest BCUT2D eigenvalue weighted by Gasteiger charge is 2.41. The Morgan fingerprint density at radius 3 is 2.56 bits per heavy atom. The molecule has 0 saturated carbocycles. The average molecular weight is 368 g/mol. The Morgan fingerprint density at radius 1 is 1.15 bits per heavy atom.